The van der Waals surface area contributed by atoms with Crippen molar-refractivity contribution in [2.45, 2.75) is 37.9 Å². The minimum Gasteiger partial charge on any atom is -0.327 e. The number of carbonyl (C=O) groups is 4. The van der Waals surface area contributed by atoms with E-state index in [-0.39, 0.29) is 24.8 Å². The van der Waals surface area contributed by atoms with E-state index in [1.165, 1.54) is 0 Å². The fourth-order valence-electron chi connectivity index (χ4n) is 3.54. The molecule has 2 fully saturated rings. The van der Waals surface area contributed by atoms with Gasteiger partial charge in [0.2, 0.25) is 11.8 Å². The summed E-state index contributed by atoms with van der Waals surface area (Å²) in [5, 5.41) is 5.50. The third kappa shape index (κ3) is 2.91. The van der Waals surface area contributed by atoms with E-state index in [1.54, 1.807) is 18.2 Å². The molecule has 1 saturated carbocycles. The minimum atomic E-state index is -0.932. The predicted molar refractivity (Wildman–Crippen MR) is 90.9 cm³/mol. The number of rotatable bonds is 5. The lowest BCUT2D eigenvalue weighted by Crippen LogP contribution is -2.54. The normalized spacial score (nSPS) is 27.6. The van der Waals surface area contributed by atoms with Crippen molar-refractivity contribution in [3.8, 4) is 0 Å². The molecule has 1 unspecified atom stereocenters. The molecule has 136 valence electrons. The van der Waals surface area contributed by atoms with Crippen LogP contribution in [0.15, 0.2) is 18.2 Å². The van der Waals surface area contributed by atoms with Gasteiger partial charge in [-0.1, -0.05) is 6.07 Å². The Labute approximate surface area is 150 Å². The van der Waals surface area contributed by atoms with Gasteiger partial charge in [-0.3, -0.25) is 29.4 Å². The summed E-state index contributed by atoms with van der Waals surface area (Å²) in [5.41, 5.74) is 7.28. The molecule has 0 bridgehead atoms. The lowest BCUT2D eigenvalue weighted by atomic mass is 10.0. The van der Waals surface area contributed by atoms with Crippen molar-refractivity contribution >= 4 is 23.6 Å². The lowest BCUT2D eigenvalue weighted by Gasteiger charge is -2.27. The quantitative estimate of drug-likeness (QED) is 0.613. The second-order valence-electron chi connectivity index (χ2n) is 7.12. The van der Waals surface area contributed by atoms with Gasteiger partial charge in [0.25, 0.3) is 11.8 Å². The first-order chi connectivity index (χ1) is 12.5. The van der Waals surface area contributed by atoms with Crippen LogP contribution in [0.25, 0.3) is 0 Å². The molecule has 2 aliphatic heterocycles. The van der Waals surface area contributed by atoms with Crippen LogP contribution in [0.2, 0.25) is 0 Å². The number of imide groups is 2. The average molecular weight is 356 g/mol. The Kier molecular flexibility index (Phi) is 4.08. The zero-order valence-corrected chi connectivity index (χ0v) is 14.2. The van der Waals surface area contributed by atoms with E-state index in [9.17, 15) is 19.2 Å². The first-order valence-electron chi connectivity index (χ1n) is 8.76. The molecule has 4 N–H and O–H groups in total. The molecule has 1 aliphatic carbocycles. The summed E-state index contributed by atoms with van der Waals surface area (Å²) in [4.78, 5) is 49.6. The monoisotopic (exact) mass is 356 g/mol. The van der Waals surface area contributed by atoms with E-state index in [0.29, 0.717) is 23.6 Å². The topological polar surface area (TPSA) is 122 Å². The van der Waals surface area contributed by atoms with E-state index in [1.807, 2.05) is 0 Å². The molecule has 1 aromatic carbocycles. The maximum atomic E-state index is 12.7. The zero-order valence-electron chi connectivity index (χ0n) is 14.2. The highest BCUT2D eigenvalue weighted by Gasteiger charge is 2.44. The van der Waals surface area contributed by atoms with Crippen LogP contribution >= 0.6 is 0 Å². The van der Waals surface area contributed by atoms with Crippen molar-refractivity contribution in [3.63, 3.8) is 0 Å². The number of carbonyl (C=O) groups excluding carboxylic acids is 4. The van der Waals surface area contributed by atoms with Gasteiger partial charge in [0.05, 0.1) is 11.1 Å². The Morgan fingerprint density at radius 1 is 1.15 bits per heavy atom. The number of nitrogens with two attached hydrogens (primary N) is 1. The fraction of sp³-hybridized carbons (Fsp3) is 0.444. The molecule has 0 aromatic heterocycles. The molecular weight excluding hydrogens is 336 g/mol. The number of nitrogens with zero attached hydrogens (tertiary/aromatic N) is 1. The van der Waals surface area contributed by atoms with Crippen molar-refractivity contribution in [1.82, 2.24) is 15.5 Å². The van der Waals surface area contributed by atoms with Gasteiger partial charge in [0.1, 0.15) is 6.04 Å². The van der Waals surface area contributed by atoms with Crippen LogP contribution in [0, 0.1) is 5.92 Å². The van der Waals surface area contributed by atoms with Crippen LogP contribution in [-0.2, 0) is 16.1 Å². The van der Waals surface area contributed by atoms with Gasteiger partial charge in [-0.15, -0.1) is 0 Å². The fourth-order valence-corrected chi connectivity index (χ4v) is 3.54. The summed E-state index contributed by atoms with van der Waals surface area (Å²) in [6.07, 6.45) is 1.31. The number of amides is 4. The SMILES string of the molecule is N[C@@H]1C[C@H]1CNCc1ccc2c(c1)C(=O)N(C1CCC(=O)NC1=O)C2=O. The molecule has 3 aliphatic rings. The summed E-state index contributed by atoms with van der Waals surface area (Å²) in [7, 11) is 0. The van der Waals surface area contributed by atoms with Gasteiger partial charge >= 0.3 is 0 Å². The molecular formula is C18H20N4O4. The number of nitrogens with one attached hydrogen (secondary N) is 2. The highest BCUT2D eigenvalue weighted by molar-refractivity contribution is 6.23. The van der Waals surface area contributed by atoms with Crippen LogP contribution < -0.4 is 16.4 Å². The summed E-state index contributed by atoms with van der Waals surface area (Å²) in [5.74, 6) is -1.44. The van der Waals surface area contributed by atoms with E-state index >= 15 is 0 Å². The first-order valence-corrected chi connectivity index (χ1v) is 8.76. The Hall–Kier alpha value is -2.58. The molecule has 1 saturated heterocycles. The summed E-state index contributed by atoms with van der Waals surface area (Å²) >= 11 is 0. The molecule has 4 rings (SSSR count). The van der Waals surface area contributed by atoms with Crippen LogP contribution in [0.3, 0.4) is 0 Å². The van der Waals surface area contributed by atoms with Gasteiger partial charge in [-0.05, 0) is 43.0 Å². The molecule has 2 heterocycles. The molecule has 4 amide bonds. The Morgan fingerprint density at radius 3 is 2.58 bits per heavy atom. The largest absolute Gasteiger partial charge is 0.327 e. The average Bonchev–Trinajstić information content (AvgIpc) is 3.25. The van der Waals surface area contributed by atoms with Crippen molar-refractivity contribution in [2.75, 3.05) is 6.54 Å². The Balaban J connectivity index is 1.48. The summed E-state index contributed by atoms with van der Waals surface area (Å²) in [6, 6.07) is 4.47. The summed E-state index contributed by atoms with van der Waals surface area (Å²) in [6.45, 7) is 1.41. The standard InChI is InChI=1S/C18H20N4O4/c19-13-6-10(13)8-20-7-9-1-2-11-12(5-9)18(26)22(17(11)25)14-3-4-15(23)21-16(14)24/h1-2,5,10,13-14,20H,3-4,6-8,19H2,(H,21,23,24)/t10-,13+,14?/m0/s1. The van der Waals surface area contributed by atoms with Crippen LogP contribution in [0.5, 0.6) is 0 Å². The third-order valence-electron chi connectivity index (χ3n) is 5.22. The maximum absolute atomic E-state index is 12.7. The van der Waals surface area contributed by atoms with E-state index < -0.39 is 23.8 Å². The maximum Gasteiger partial charge on any atom is 0.262 e. The molecule has 26 heavy (non-hydrogen) atoms. The van der Waals surface area contributed by atoms with Crippen molar-refractivity contribution in [3.05, 3.63) is 34.9 Å². The van der Waals surface area contributed by atoms with Gasteiger partial charge < -0.3 is 11.1 Å². The Morgan fingerprint density at radius 2 is 1.88 bits per heavy atom. The van der Waals surface area contributed by atoms with Crippen molar-refractivity contribution in [2.24, 2.45) is 11.7 Å². The molecule has 3 atom stereocenters. The molecule has 0 spiro atoms. The third-order valence-corrected chi connectivity index (χ3v) is 5.22. The number of hydrogen-bond donors (Lipinski definition) is 3. The lowest BCUT2D eigenvalue weighted by molar-refractivity contribution is -0.136. The van der Waals surface area contributed by atoms with Crippen molar-refractivity contribution in [1.29, 1.82) is 0 Å². The first kappa shape index (κ1) is 16.9. The zero-order chi connectivity index (χ0) is 18.4. The molecule has 8 heteroatoms. The summed E-state index contributed by atoms with van der Waals surface area (Å²) < 4.78 is 0. The van der Waals surface area contributed by atoms with Gasteiger partial charge in [0, 0.05) is 19.0 Å². The number of benzene rings is 1. The van der Waals surface area contributed by atoms with E-state index in [4.69, 9.17) is 5.73 Å². The van der Waals surface area contributed by atoms with Crippen molar-refractivity contribution < 1.29 is 19.2 Å². The second-order valence-corrected chi connectivity index (χ2v) is 7.12. The molecule has 0 radical (unpaired) electrons. The predicted octanol–water partition coefficient (Wildman–Crippen LogP) is -0.475. The minimum absolute atomic E-state index is 0.113. The van der Waals surface area contributed by atoms with Crippen LogP contribution in [-0.4, -0.2) is 47.2 Å². The highest BCUT2D eigenvalue weighted by Crippen LogP contribution is 2.29. The van der Waals surface area contributed by atoms with Gasteiger partial charge in [-0.2, -0.15) is 0 Å². The smallest absolute Gasteiger partial charge is 0.262 e. The molecule has 8 nitrogen and oxygen atoms in total. The number of fused-ring (bicyclic) bond motifs is 1. The van der Waals surface area contributed by atoms with E-state index in [0.717, 1.165) is 23.4 Å². The Bertz CT molecular complexity index is 821. The second kappa shape index (κ2) is 6.30. The van der Waals surface area contributed by atoms with Crippen LogP contribution in [0.4, 0.5) is 0 Å². The van der Waals surface area contributed by atoms with Gasteiger partial charge in [-0.25, -0.2) is 0 Å². The number of piperidine rings is 1. The highest BCUT2D eigenvalue weighted by atomic mass is 16.2. The van der Waals surface area contributed by atoms with Crippen LogP contribution in [0.1, 0.15) is 45.5 Å². The number of hydrogen-bond acceptors (Lipinski definition) is 6. The van der Waals surface area contributed by atoms with E-state index in [2.05, 4.69) is 10.6 Å². The van der Waals surface area contributed by atoms with Gasteiger partial charge in [0.15, 0.2) is 0 Å². The molecule has 1 aromatic rings.